The fourth-order valence-electron chi connectivity index (χ4n) is 2.46. The Hall–Kier alpha value is -2.86. The fraction of sp³-hybridized carbons (Fsp3) is 0.100. The van der Waals surface area contributed by atoms with Gasteiger partial charge in [-0.25, -0.2) is 5.43 Å². The van der Waals surface area contributed by atoms with Crippen molar-refractivity contribution in [1.82, 2.24) is 5.43 Å². The van der Waals surface area contributed by atoms with E-state index >= 15 is 0 Å². The number of fused-ring (bicyclic) bond motifs is 1. The van der Waals surface area contributed by atoms with Crippen LogP contribution in [0.4, 0.5) is 0 Å². The largest absolute Gasteiger partial charge is 0.507 e. The Morgan fingerprint density at radius 2 is 2.00 bits per heavy atom. The zero-order valence-corrected chi connectivity index (χ0v) is 15.4. The van der Waals surface area contributed by atoms with Gasteiger partial charge in [-0.05, 0) is 35.0 Å². The number of phenolic OH excluding ortho intramolecular Hbond substituents is 1. The monoisotopic (exact) mass is 412 g/mol. The topological polar surface area (TPSA) is 70.9 Å². The second kappa shape index (κ2) is 8.49. The third-order valence-electron chi connectivity index (χ3n) is 3.72. The van der Waals surface area contributed by atoms with Crippen LogP contribution in [0.25, 0.3) is 10.8 Å². The van der Waals surface area contributed by atoms with Crippen molar-refractivity contribution in [3.8, 4) is 11.5 Å². The van der Waals surface area contributed by atoms with Gasteiger partial charge in [0.1, 0.15) is 11.5 Å². The Morgan fingerprint density at radius 1 is 1.15 bits per heavy atom. The molecule has 1 amide bonds. The zero-order chi connectivity index (χ0) is 18.4. The second-order valence-electron chi connectivity index (χ2n) is 5.57. The number of benzene rings is 3. The SMILES string of the molecule is O=C(CCOc1cccc(Br)c1)NN=Cc1c(O)ccc2ccccc12. The number of carbonyl (C=O) groups is 1. The van der Waals surface area contributed by atoms with Crippen molar-refractivity contribution >= 4 is 38.8 Å². The maximum atomic E-state index is 11.9. The molecule has 5 nitrogen and oxygen atoms in total. The van der Waals surface area contributed by atoms with Crippen LogP contribution in [0, 0.1) is 0 Å². The van der Waals surface area contributed by atoms with Gasteiger partial charge in [-0.2, -0.15) is 5.10 Å². The van der Waals surface area contributed by atoms with E-state index in [-0.39, 0.29) is 24.7 Å². The van der Waals surface area contributed by atoms with E-state index in [0.29, 0.717) is 11.3 Å². The number of amides is 1. The maximum absolute atomic E-state index is 11.9. The smallest absolute Gasteiger partial charge is 0.243 e. The van der Waals surface area contributed by atoms with Crippen LogP contribution >= 0.6 is 15.9 Å². The van der Waals surface area contributed by atoms with E-state index in [0.717, 1.165) is 15.2 Å². The van der Waals surface area contributed by atoms with Gasteiger partial charge >= 0.3 is 0 Å². The Bertz CT molecular complexity index is 957. The first-order valence-corrected chi connectivity index (χ1v) is 8.84. The average molecular weight is 413 g/mol. The molecule has 26 heavy (non-hydrogen) atoms. The van der Waals surface area contributed by atoms with Crippen molar-refractivity contribution in [2.24, 2.45) is 5.10 Å². The summed E-state index contributed by atoms with van der Waals surface area (Å²) in [5.41, 5.74) is 3.01. The summed E-state index contributed by atoms with van der Waals surface area (Å²) in [7, 11) is 0. The first-order valence-electron chi connectivity index (χ1n) is 8.04. The minimum Gasteiger partial charge on any atom is -0.507 e. The Morgan fingerprint density at radius 3 is 2.85 bits per heavy atom. The van der Waals surface area contributed by atoms with Crippen molar-refractivity contribution < 1.29 is 14.6 Å². The van der Waals surface area contributed by atoms with Crippen LogP contribution in [-0.4, -0.2) is 23.8 Å². The van der Waals surface area contributed by atoms with E-state index in [4.69, 9.17) is 4.74 Å². The number of aromatic hydroxyl groups is 1. The first kappa shape index (κ1) is 17.9. The lowest BCUT2D eigenvalue weighted by Gasteiger charge is -2.06. The number of hydrogen-bond donors (Lipinski definition) is 2. The van der Waals surface area contributed by atoms with Gasteiger partial charge in [-0.1, -0.05) is 52.3 Å². The Kier molecular flexibility index (Phi) is 5.86. The van der Waals surface area contributed by atoms with Gasteiger partial charge in [0.15, 0.2) is 0 Å². The Labute approximate surface area is 159 Å². The molecule has 0 spiro atoms. The number of ether oxygens (including phenoxy) is 1. The van der Waals surface area contributed by atoms with E-state index in [1.54, 1.807) is 6.07 Å². The number of nitrogens with one attached hydrogen (secondary N) is 1. The van der Waals surface area contributed by atoms with Gasteiger partial charge in [-0.15, -0.1) is 0 Å². The molecule has 0 saturated heterocycles. The van der Waals surface area contributed by atoms with E-state index in [2.05, 4.69) is 26.5 Å². The normalized spacial score (nSPS) is 11.0. The van der Waals surface area contributed by atoms with E-state index in [1.165, 1.54) is 6.21 Å². The fourth-order valence-corrected chi connectivity index (χ4v) is 2.84. The molecule has 3 aromatic rings. The third kappa shape index (κ3) is 4.61. The highest BCUT2D eigenvalue weighted by Gasteiger charge is 2.05. The molecular weight excluding hydrogens is 396 g/mol. The molecular formula is C20H17BrN2O3. The average Bonchev–Trinajstić information content (AvgIpc) is 2.64. The number of hydrazone groups is 1. The minimum absolute atomic E-state index is 0.111. The van der Waals surface area contributed by atoms with Crippen LogP contribution in [0.1, 0.15) is 12.0 Å². The van der Waals surface area contributed by atoms with Crippen LogP contribution in [0.5, 0.6) is 11.5 Å². The van der Waals surface area contributed by atoms with Gasteiger partial charge in [0.2, 0.25) is 5.91 Å². The molecule has 0 fully saturated rings. The van der Waals surface area contributed by atoms with Crippen LogP contribution in [0.15, 0.2) is 70.2 Å². The Balaban J connectivity index is 1.55. The summed E-state index contributed by atoms with van der Waals surface area (Å²) in [5.74, 6) is 0.534. The van der Waals surface area contributed by atoms with E-state index in [1.807, 2.05) is 54.6 Å². The molecule has 0 aliphatic heterocycles. The molecule has 0 heterocycles. The number of rotatable bonds is 6. The zero-order valence-electron chi connectivity index (χ0n) is 13.9. The summed E-state index contributed by atoms with van der Waals surface area (Å²) in [6, 6.07) is 18.5. The molecule has 3 aromatic carbocycles. The number of hydrogen-bond acceptors (Lipinski definition) is 4. The van der Waals surface area contributed by atoms with Gasteiger partial charge in [0.05, 0.1) is 19.2 Å². The molecule has 0 aromatic heterocycles. The van der Waals surface area contributed by atoms with Crippen molar-refractivity contribution in [2.75, 3.05) is 6.61 Å². The van der Waals surface area contributed by atoms with E-state index in [9.17, 15) is 9.90 Å². The first-order chi connectivity index (χ1) is 12.6. The van der Waals surface area contributed by atoms with E-state index < -0.39 is 0 Å². The minimum atomic E-state index is -0.268. The molecule has 3 rings (SSSR count). The molecule has 0 bridgehead atoms. The summed E-state index contributed by atoms with van der Waals surface area (Å²) >= 11 is 3.36. The summed E-state index contributed by atoms with van der Waals surface area (Å²) in [4.78, 5) is 11.9. The number of phenols is 1. The summed E-state index contributed by atoms with van der Waals surface area (Å²) in [6.07, 6.45) is 1.62. The van der Waals surface area contributed by atoms with Gasteiger partial charge in [-0.3, -0.25) is 4.79 Å². The predicted molar refractivity (Wildman–Crippen MR) is 106 cm³/mol. The molecule has 0 radical (unpaired) electrons. The summed E-state index contributed by atoms with van der Waals surface area (Å²) in [6.45, 7) is 0.247. The summed E-state index contributed by atoms with van der Waals surface area (Å²) < 4.78 is 6.43. The summed E-state index contributed by atoms with van der Waals surface area (Å²) in [5, 5.41) is 15.8. The van der Waals surface area contributed by atoms with Crippen LogP contribution < -0.4 is 10.2 Å². The van der Waals surface area contributed by atoms with Crippen LogP contribution in [0.3, 0.4) is 0 Å². The van der Waals surface area contributed by atoms with Crippen LogP contribution in [-0.2, 0) is 4.79 Å². The number of halogens is 1. The standard InChI is InChI=1S/C20H17BrN2O3/c21-15-5-3-6-16(12-15)26-11-10-20(25)23-22-13-18-17-7-2-1-4-14(17)8-9-19(18)24/h1-9,12-13,24H,10-11H2,(H,23,25). The molecule has 0 aliphatic rings. The molecule has 6 heteroatoms. The lowest BCUT2D eigenvalue weighted by atomic mass is 10.0. The molecule has 0 unspecified atom stereocenters. The third-order valence-corrected chi connectivity index (χ3v) is 4.22. The van der Waals surface area contributed by atoms with Gasteiger partial charge in [0, 0.05) is 10.0 Å². The van der Waals surface area contributed by atoms with Crippen molar-refractivity contribution in [3.05, 3.63) is 70.7 Å². The van der Waals surface area contributed by atoms with Crippen LogP contribution in [0.2, 0.25) is 0 Å². The number of carbonyl (C=O) groups excluding carboxylic acids is 1. The lowest BCUT2D eigenvalue weighted by Crippen LogP contribution is -2.20. The lowest BCUT2D eigenvalue weighted by molar-refractivity contribution is -0.121. The van der Waals surface area contributed by atoms with Gasteiger partial charge < -0.3 is 9.84 Å². The highest BCUT2D eigenvalue weighted by molar-refractivity contribution is 9.10. The molecule has 0 atom stereocenters. The highest BCUT2D eigenvalue weighted by atomic mass is 79.9. The predicted octanol–water partition coefficient (Wildman–Crippen LogP) is 4.23. The molecule has 0 aliphatic carbocycles. The highest BCUT2D eigenvalue weighted by Crippen LogP contribution is 2.25. The van der Waals surface area contributed by atoms with Crippen molar-refractivity contribution in [1.29, 1.82) is 0 Å². The quantitative estimate of drug-likeness (QED) is 0.470. The second-order valence-corrected chi connectivity index (χ2v) is 6.48. The molecule has 0 saturated carbocycles. The molecule has 132 valence electrons. The van der Waals surface area contributed by atoms with Crippen molar-refractivity contribution in [2.45, 2.75) is 6.42 Å². The molecule has 2 N–H and O–H groups in total. The maximum Gasteiger partial charge on any atom is 0.243 e. The van der Waals surface area contributed by atoms with Crippen molar-refractivity contribution in [3.63, 3.8) is 0 Å². The van der Waals surface area contributed by atoms with Gasteiger partial charge in [0.25, 0.3) is 0 Å². The number of nitrogens with zero attached hydrogens (tertiary/aromatic N) is 1.